The molecule has 0 aliphatic heterocycles. The number of aryl methyl sites for hydroxylation is 1. The van der Waals surface area contributed by atoms with E-state index in [9.17, 15) is 9.59 Å². The fourth-order valence-electron chi connectivity index (χ4n) is 3.09. The van der Waals surface area contributed by atoms with Crippen LogP contribution in [0, 0.1) is 19.8 Å². The van der Waals surface area contributed by atoms with Gasteiger partial charge in [-0.3, -0.25) is 4.79 Å². The second-order valence-corrected chi connectivity index (χ2v) is 8.43. The van der Waals surface area contributed by atoms with Crippen LogP contribution in [-0.2, 0) is 16.1 Å². The molecule has 1 aliphatic rings. The molecule has 156 valence electrons. The first-order valence-electron chi connectivity index (χ1n) is 9.65. The lowest BCUT2D eigenvalue weighted by Gasteiger charge is -2.07. The zero-order chi connectivity index (χ0) is 21.3. The van der Waals surface area contributed by atoms with Crippen molar-refractivity contribution in [2.75, 3.05) is 12.4 Å². The van der Waals surface area contributed by atoms with Gasteiger partial charge in [-0.15, -0.1) is 11.3 Å². The van der Waals surface area contributed by atoms with Crippen molar-refractivity contribution < 1.29 is 23.6 Å². The third-order valence-electron chi connectivity index (χ3n) is 5.06. The summed E-state index contributed by atoms with van der Waals surface area (Å²) in [4.78, 5) is 25.9. The Morgan fingerprint density at radius 2 is 2.03 bits per heavy atom. The monoisotopic (exact) mass is 426 g/mol. The molecule has 1 N–H and O–H groups in total. The number of carbonyl (C=O) groups excluding carboxylic acids is 2. The van der Waals surface area contributed by atoms with Crippen molar-refractivity contribution in [2.24, 2.45) is 5.92 Å². The number of hydrogen-bond donors (Lipinski definition) is 1. The number of amides is 1. The minimum Gasteiger partial charge on any atom is -0.496 e. The standard InChI is InChI=1S/C22H22N2O5S/c1-12-13(2)30-21(23-20(25)14-8-9-14)19(12)22(26)28-11-15-10-17(24-29-15)16-6-4-5-7-18(16)27-3/h4-7,10,14H,8-9,11H2,1-3H3,(H,23,25). The maximum Gasteiger partial charge on any atom is 0.341 e. The van der Waals surface area contributed by atoms with Gasteiger partial charge in [0.25, 0.3) is 0 Å². The van der Waals surface area contributed by atoms with E-state index in [0.29, 0.717) is 27.8 Å². The number of nitrogens with one attached hydrogen (secondary N) is 1. The molecule has 0 saturated heterocycles. The first-order valence-corrected chi connectivity index (χ1v) is 10.5. The van der Waals surface area contributed by atoms with E-state index in [1.807, 2.05) is 38.1 Å². The maximum absolute atomic E-state index is 12.8. The summed E-state index contributed by atoms with van der Waals surface area (Å²) in [6.45, 7) is 3.70. The fraction of sp³-hybridized carbons (Fsp3) is 0.318. The molecule has 1 aromatic carbocycles. The van der Waals surface area contributed by atoms with Gasteiger partial charge in [0.05, 0.1) is 12.7 Å². The molecule has 2 aromatic heterocycles. The van der Waals surface area contributed by atoms with E-state index in [2.05, 4.69) is 10.5 Å². The minimum absolute atomic E-state index is 0.0398. The molecule has 0 unspecified atom stereocenters. The van der Waals surface area contributed by atoms with Crippen molar-refractivity contribution in [3.63, 3.8) is 0 Å². The summed E-state index contributed by atoms with van der Waals surface area (Å²) in [6, 6.07) is 9.18. The lowest BCUT2D eigenvalue weighted by Crippen LogP contribution is -2.15. The number of hydrogen-bond acceptors (Lipinski definition) is 7. The molecule has 4 rings (SSSR count). The summed E-state index contributed by atoms with van der Waals surface area (Å²) in [6.07, 6.45) is 1.80. The van der Waals surface area contributed by atoms with E-state index in [0.717, 1.165) is 28.8 Å². The predicted octanol–water partition coefficient (Wildman–Crippen LogP) is 4.73. The summed E-state index contributed by atoms with van der Waals surface area (Å²) in [5, 5.41) is 7.47. The number of methoxy groups -OCH3 is 1. The predicted molar refractivity (Wildman–Crippen MR) is 113 cm³/mol. The number of carbonyl (C=O) groups is 2. The van der Waals surface area contributed by atoms with Gasteiger partial charge in [0, 0.05) is 22.4 Å². The lowest BCUT2D eigenvalue weighted by molar-refractivity contribution is -0.117. The average molecular weight is 426 g/mol. The Kier molecular flexibility index (Phi) is 5.59. The van der Waals surface area contributed by atoms with E-state index in [1.165, 1.54) is 11.3 Å². The zero-order valence-corrected chi connectivity index (χ0v) is 17.8. The number of thiophene rings is 1. The molecule has 2 heterocycles. The van der Waals surface area contributed by atoms with E-state index in [1.54, 1.807) is 13.2 Å². The molecule has 7 nitrogen and oxygen atoms in total. The van der Waals surface area contributed by atoms with Crippen molar-refractivity contribution in [1.29, 1.82) is 0 Å². The quantitative estimate of drug-likeness (QED) is 0.549. The number of benzene rings is 1. The van der Waals surface area contributed by atoms with E-state index in [-0.39, 0.29) is 18.4 Å². The largest absolute Gasteiger partial charge is 0.496 e. The van der Waals surface area contributed by atoms with Crippen LogP contribution in [0.4, 0.5) is 5.00 Å². The van der Waals surface area contributed by atoms with Crippen LogP contribution in [0.25, 0.3) is 11.3 Å². The molecule has 8 heteroatoms. The summed E-state index contributed by atoms with van der Waals surface area (Å²) < 4.78 is 16.1. The molecule has 1 fully saturated rings. The highest BCUT2D eigenvalue weighted by Gasteiger charge is 2.31. The molecule has 0 radical (unpaired) electrons. The second-order valence-electron chi connectivity index (χ2n) is 7.21. The molecule has 0 spiro atoms. The number of nitrogens with zero attached hydrogens (tertiary/aromatic N) is 1. The van der Waals surface area contributed by atoms with Gasteiger partial charge in [0.2, 0.25) is 5.91 Å². The van der Waals surface area contributed by atoms with Gasteiger partial charge in [-0.05, 0) is 44.4 Å². The third kappa shape index (κ3) is 4.09. The van der Waals surface area contributed by atoms with Crippen molar-refractivity contribution in [2.45, 2.75) is 33.3 Å². The SMILES string of the molecule is COc1ccccc1-c1cc(COC(=O)c2c(NC(=O)C3CC3)sc(C)c2C)on1. The van der Waals surface area contributed by atoms with Gasteiger partial charge in [-0.1, -0.05) is 17.3 Å². The van der Waals surface area contributed by atoms with Crippen LogP contribution in [-0.4, -0.2) is 24.1 Å². The highest BCUT2D eigenvalue weighted by molar-refractivity contribution is 7.16. The van der Waals surface area contributed by atoms with E-state index >= 15 is 0 Å². The van der Waals surface area contributed by atoms with Crippen molar-refractivity contribution in [3.05, 3.63) is 52.1 Å². The lowest BCUT2D eigenvalue weighted by atomic mass is 10.1. The van der Waals surface area contributed by atoms with Crippen LogP contribution in [0.2, 0.25) is 0 Å². The minimum atomic E-state index is -0.502. The first-order chi connectivity index (χ1) is 14.5. The van der Waals surface area contributed by atoms with Crippen LogP contribution >= 0.6 is 11.3 Å². The third-order valence-corrected chi connectivity index (χ3v) is 6.18. The molecule has 1 aliphatic carbocycles. The zero-order valence-electron chi connectivity index (χ0n) is 17.0. The Labute approximate surface area is 178 Å². The van der Waals surface area contributed by atoms with E-state index in [4.69, 9.17) is 14.0 Å². The summed E-state index contributed by atoms with van der Waals surface area (Å²) in [7, 11) is 1.59. The molecule has 1 saturated carbocycles. The number of rotatable bonds is 7. The Morgan fingerprint density at radius 1 is 1.27 bits per heavy atom. The Morgan fingerprint density at radius 3 is 2.77 bits per heavy atom. The average Bonchev–Trinajstić information content (AvgIpc) is 3.43. The number of ether oxygens (including phenoxy) is 2. The second kappa shape index (κ2) is 8.31. The normalized spacial score (nSPS) is 13.2. The maximum atomic E-state index is 12.8. The summed E-state index contributed by atoms with van der Waals surface area (Å²) in [5.41, 5.74) is 2.59. The Bertz CT molecular complexity index is 1100. The number of anilines is 1. The van der Waals surface area contributed by atoms with Gasteiger partial charge in [0.1, 0.15) is 16.4 Å². The molecular formula is C22H22N2O5S. The Balaban J connectivity index is 1.47. The van der Waals surface area contributed by atoms with Gasteiger partial charge in [0.15, 0.2) is 12.4 Å². The van der Waals surface area contributed by atoms with Gasteiger partial charge in [-0.2, -0.15) is 0 Å². The van der Waals surface area contributed by atoms with E-state index < -0.39 is 5.97 Å². The number of para-hydroxylation sites is 1. The van der Waals surface area contributed by atoms with Crippen LogP contribution in [0.3, 0.4) is 0 Å². The van der Waals surface area contributed by atoms with Crippen LogP contribution in [0.5, 0.6) is 5.75 Å². The van der Waals surface area contributed by atoms with Crippen LogP contribution in [0.1, 0.15) is 39.4 Å². The Hall–Kier alpha value is -3.13. The smallest absolute Gasteiger partial charge is 0.341 e. The molecular weight excluding hydrogens is 404 g/mol. The summed E-state index contributed by atoms with van der Waals surface area (Å²) >= 11 is 1.39. The fourth-order valence-corrected chi connectivity index (χ4v) is 4.14. The first kappa shape index (κ1) is 20.2. The molecule has 30 heavy (non-hydrogen) atoms. The van der Waals surface area contributed by atoms with Crippen molar-refractivity contribution in [3.8, 4) is 17.0 Å². The molecule has 0 atom stereocenters. The molecule has 0 bridgehead atoms. The molecule has 1 amide bonds. The topological polar surface area (TPSA) is 90.7 Å². The van der Waals surface area contributed by atoms with Crippen molar-refractivity contribution >= 4 is 28.2 Å². The highest BCUT2D eigenvalue weighted by atomic mass is 32.1. The van der Waals surface area contributed by atoms with Crippen LogP contribution in [0.15, 0.2) is 34.9 Å². The number of esters is 1. The van der Waals surface area contributed by atoms with Gasteiger partial charge in [-0.25, -0.2) is 4.79 Å². The van der Waals surface area contributed by atoms with Gasteiger partial charge >= 0.3 is 5.97 Å². The van der Waals surface area contributed by atoms with Crippen molar-refractivity contribution in [1.82, 2.24) is 5.16 Å². The molecule has 3 aromatic rings. The van der Waals surface area contributed by atoms with Crippen LogP contribution < -0.4 is 10.1 Å². The highest BCUT2D eigenvalue weighted by Crippen LogP contribution is 2.36. The number of aromatic nitrogens is 1. The van der Waals surface area contributed by atoms with Gasteiger partial charge < -0.3 is 19.3 Å². The summed E-state index contributed by atoms with van der Waals surface area (Å²) in [5.74, 6) is 0.603.